The second-order valence-electron chi connectivity index (χ2n) is 4.89. The van der Waals surface area contributed by atoms with E-state index in [2.05, 4.69) is 53.8 Å². The van der Waals surface area contributed by atoms with E-state index in [0.717, 1.165) is 36.4 Å². The van der Waals surface area contributed by atoms with Gasteiger partial charge in [0.1, 0.15) is 4.71 Å². The van der Waals surface area contributed by atoms with Crippen molar-refractivity contribution in [2.45, 2.75) is 4.71 Å². The van der Waals surface area contributed by atoms with Gasteiger partial charge in [-0.3, -0.25) is 14.8 Å². The van der Waals surface area contributed by atoms with Gasteiger partial charge in [-0.05, 0) is 0 Å². The van der Waals surface area contributed by atoms with Crippen molar-refractivity contribution < 1.29 is 0 Å². The van der Waals surface area contributed by atoms with Gasteiger partial charge in [-0.25, -0.2) is 0 Å². The van der Waals surface area contributed by atoms with Crippen molar-refractivity contribution in [3.8, 4) is 0 Å². The van der Waals surface area contributed by atoms with Gasteiger partial charge in [0, 0.05) is 26.2 Å². The third-order valence-corrected chi connectivity index (χ3v) is 5.72. The predicted octanol–water partition coefficient (Wildman–Crippen LogP) is 3.52. The minimum Gasteiger partial charge on any atom is -0.286 e. The minimum absolute atomic E-state index is 0.0434. The van der Waals surface area contributed by atoms with Crippen molar-refractivity contribution in [1.29, 1.82) is 0 Å². The van der Waals surface area contributed by atoms with E-state index in [1.165, 1.54) is 0 Å². The number of thioether (sulfide) groups is 2. The van der Waals surface area contributed by atoms with E-state index in [1.807, 2.05) is 29.3 Å². The maximum absolute atomic E-state index is 4.68. The molecule has 4 nitrogen and oxygen atoms in total. The monoisotopic (exact) mass is 370 g/mol. The van der Waals surface area contributed by atoms with Crippen LogP contribution in [0.1, 0.15) is 0 Å². The highest BCUT2D eigenvalue weighted by molar-refractivity contribution is 8.41. The Hall–Kier alpha value is -0.600. The summed E-state index contributed by atoms with van der Waals surface area (Å²) in [4.78, 5) is 4.47. The van der Waals surface area contributed by atoms with Gasteiger partial charge in [-0.1, -0.05) is 47.8 Å². The number of nitrogens with zero attached hydrogens (tertiary/aromatic N) is 4. The van der Waals surface area contributed by atoms with Crippen LogP contribution in [0.15, 0.2) is 55.7 Å². The SMILES string of the molecule is C=CCN(CC=C)CSC1=NN(CN(CC=C)CC=C)C(S)S1. The largest absolute Gasteiger partial charge is 0.286 e. The Morgan fingerprint density at radius 2 is 1.57 bits per heavy atom. The third kappa shape index (κ3) is 7.67. The molecule has 1 atom stereocenters. The van der Waals surface area contributed by atoms with Gasteiger partial charge < -0.3 is 0 Å². The summed E-state index contributed by atoms with van der Waals surface area (Å²) >= 11 is 8.03. The van der Waals surface area contributed by atoms with Crippen LogP contribution in [0.4, 0.5) is 0 Å². The first-order chi connectivity index (χ1) is 11.1. The van der Waals surface area contributed by atoms with Crippen LogP contribution in [0, 0.1) is 0 Å². The molecule has 0 spiro atoms. The fourth-order valence-electron chi connectivity index (χ4n) is 1.94. The predicted molar refractivity (Wildman–Crippen MR) is 111 cm³/mol. The average Bonchev–Trinajstić information content (AvgIpc) is 2.86. The van der Waals surface area contributed by atoms with Gasteiger partial charge >= 0.3 is 0 Å². The topological polar surface area (TPSA) is 22.1 Å². The minimum atomic E-state index is 0.0434. The Morgan fingerprint density at radius 3 is 2.09 bits per heavy atom. The molecule has 0 radical (unpaired) electrons. The Bertz CT molecular complexity index is 419. The quantitative estimate of drug-likeness (QED) is 0.322. The Balaban J connectivity index is 2.54. The van der Waals surface area contributed by atoms with Crippen LogP contribution < -0.4 is 0 Å². The molecule has 1 heterocycles. The molecule has 1 aliphatic heterocycles. The lowest BCUT2D eigenvalue weighted by atomic mass is 10.5. The molecule has 128 valence electrons. The fourth-order valence-corrected chi connectivity index (χ4v) is 4.52. The third-order valence-electron chi connectivity index (χ3n) is 2.94. The van der Waals surface area contributed by atoms with Crippen molar-refractivity contribution in [3.63, 3.8) is 0 Å². The molecule has 1 unspecified atom stereocenters. The first-order valence-electron chi connectivity index (χ1n) is 7.35. The van der Waals surface area contributed by atoms with Gasteiger partial charge in [0.25, 0.3) is 0 Å². The lowest BCUT2D eigenvalue weighted by Gasteiger charge is -2.26. The molecule has 0 saturated carbocycles. The van der Waals surface area contributed by atoms with Gasteiger partial charge in [0.2, 0.25) is 0 Å². The zero-order chi connectivity index (χ0) is 17.1. The molecule has 0 bridgehead atoms. The van der Waals surface area contributed by atoms with Crippen LogP contribution in [-0.4, -0.2) is 62.6 Å². The van der Waals surface area contributed by atoms with E-state index in [-0.39, 0.29) is 4.71 Å². The van der Waals surface area contributed by atoms with Gasteiger partial charge in [0.15, 0.2) is 4.38 Å². The van der Waals surface area contributed by atoms with Gasteiger partial charge in [-0.15, -0.1) is 38.9 Å². The van der Waals surface area contributed by atoms with Crippen molar-refractivity contribution in [2.75, 3.05) is 38.7 Å². The smallest absolute Gasteiger partial charge is 0.154 e. The van der Waals surface area contributed by atoms with E-state index in [4.69, 9.17) is 0 Å². The number of thiol groups is 1. The summed E-state index contributed by atoms with van der Waals surface area (Å²) in [7, 11) is 0. The fraction of sp³-hybridized carbons (Fsp3) is 0.438. The summed E-state index contributed by atoms with van der Waals surface area (Å²) in [6.07, 6.45) is 7.60. The van der Waals surface area contributed by atoms with Crippen molar-refractivity contribution in [2.24, 2.45) is 5.10 Å². The van der Waals surface area contributed by atoms with E-state index in [1.54, 1.807) is 23.5 Å². The van der Waals surface area contributed by atoms with E-state index in [9.17, 15) is 0 Å². The normalized spacial score (nSPS) is 17.4. The summed E-state index contributed by atoms with van der Waals surface area (Å²) in [5, 5.41) is 6.67. The number of hydrogen-bond acceptors (Lipinski definition) is 7. The lowest BCUT2D eigenvalue weighted by molar-refractivity contribution is 0.175. The summed E-state index contributed by atoms with van der Waals surface area (Å²) in [6, 6.07) is 0. The molecule has 0 amide bonds. The Kier molecular flexibility index (Phi) is 10.5. The second kappa shape index (κ2) is 11.9. The maximum Gasteiger partial charge on any atom is 0.154 e. The molecule has 0 saturated heterocycles. The summed E-state index contributed by atoms with van der Waals surface area (Å²) in [6.45, 7) is 19.2. The van der Waals surface area contributed by atoms with E-state index in [0.29, 0.717) is 6.67 Å². The molecule has 1 aliphatic rings. The van der Waals surface area contributed by atoms with Crippen molar-refractivity contribution in [3.05, 3.63) is 50.6 Å². The molecule has 0 N–H and O–H groups in total. The molecule has 0 aromatic heterocycles. The van der Waals surface area contributed by atoms with Crippen LogP contribution in [0.3, 0.4) is 0 Å². The van der Waals surface area contributed by atoms with Crippen LogP contribution >= 0.6 is 36.2 Å². The van der Waals surface area contributed by atoms with Gasteiger partial charge in [-0.2, -0.15) is 5.10 Å². The standard InChI is InChI=1S/C16H26N4S3/c1-5-9-18(10-6-2)13-20-16(21)23-15(17-20)22-14-19(11-7-3)12-8-4/h5-8,16,21H,1-4,9-14H2. The highest BCUT2D eigenvalue weighted by Gasteiger charge is 2.26. The summed E-state index contributed by atoms with van der Waals surface area (Å²) < 4.78 is 1.09. The average molecular weight is 371 g/mol. The number of rotatable bonds is 12. The van der Waals surface area contributed by atoms with Crippen molar-refractivity contribution >= 4 is 40.5 Å². The zero-order valence-electron chi connectivity index (χ0n) is 13.5. The van der Waals surface area contributed by atoms with Crippen LogP contribution in [0.25, 0.3) is 0 Å². The second-order valence-corrected chi connectivity index (χ2v) is 7.99. The van der Waals surface area contributed by atoms with E-state index >= 15 is 0 Å². The van der Waals surface area contributed by atoms with Crippen LogP contribution in [0.5, 0.6) is 0 Å². The number of hydrogen-bond donors (Lipinski definition) is 1. The summed E-state index contributed by atoms with van der Waals surface area (Å²) in [5.74, 6) is 0.862. The first-order valence-corrected chi connectivity index (χ1v) is 9.73. The lowest BCUT2D eigenvalue weighted by Crippen LogP contribution is -2.36. The van der Waals surface area contributed by atoms with Crippen LogP contribution in [-0.2, 0) is 0 Å². The molecule has 0 fully saturated rings. The highest BCUT2D eigenvalue weighted by atomic mass is 32.2. The molecule has 0 aromatic carbocycles. The molecule has 7 heteroatoms. The van der Waals surface area contributed by atoms with Gasteiger partial charge in [0.05, 0.1) is 12.5 Å². The molecule has 0 aliphatic carbocycles. The van der Waals surface area contributed by atoms with E-state index < -0.39 is 0 Å². The molecular weight excluding hydrogens is 344 g/mol. The molecule has 0 aromatic rings. The Labute approximate surface area is 154 Å². The Morgan fingerprint density at radius 1 is 1.04 bits per heavy atom. The highest BCUT2D eigenvalue weighted by Crippen LogP contribution is 2.34. The molecule has 23 heavy (non-hydrogen) atoms. The summed E-state index contributed by atoms with van der Waals surface area (Å²) in [5.41, 5.74) is 0. The molecule has 1 rings (SSSR count). The maximum atomic E-state index is 4.68. The zero-order valence-corrected chi connectivity index (χ0v) is 16.0. The van der Waals surface area contributed by atoms with Crippen LogP contribution in [0.2, 0.25) is 0 Å². The molecular formula is C16H26N4S3. The van der Waals surface area contributed by atoms with Crippen molar-refractivity contribution in [1.82, 2.24) is 14.8 Å². The first kappa shape index (κ1) is 20.4. The number of hydrazone groups is 1.